The van der Waals surface area contributed by atoms with Crippen LogP contribution in [0.4, 0.5) is 0 Å². The molecular weight excluding hydrogens is 246 g/mol. The van der Waals surface area contributed by atoms with Gasteiger partial charge in [0.05, 0.1) is 10.8 Å². The van der Waals surface area contributed by atoms with Crippen LogP contribution < -0.4 is 0 Å². The van der Waals surface area contributed by atoms with E-state index in [0.29, 0.717) is 0 Å². The van der Waals surface area contributed by atoms with Gasteiger partial charge in [0.1, 0.15) is 0 Å². The highest BCUT2D eigenvalue weighted by atomic mass is 16.4. The Morgan fingerprint density at radius 1 is 1.26 bits per heavy atom. The summed E-state index contributed by atoms with van der Waals surface area (Å²) in [6.07, 6.45) is 4.87. The molecule has 0 aromatic rings. The second-order valence-corrected chi connectivity index (χ2v) is 6.49. The van der Waals surface area contributed by atoms with Crippen LogP contribution in [0.5, 0.6) is 0 Å². The number of carbonyl (C=O) groups is 3. The highest BCUT2D eigenvalue weighted by Crippen LogP contribution is 2.45. The largest absolute Gasteiger partial charge is 0.481 e. The lowest BCUT2D eigenvalue weighted by Gasteiger charge is -2.32. The quantitative estimate of drug-likeness (QED) is 0.791. The molecule has 1 saturated carbocycles. The van der Waals surface area contributed by atoms with Gasteiger partial charge in [-0.2, -0.15) is 0 Å². The third-order valence-corrected chi connectivity index (χ3v) is 4.43. The molecule has 2 aliphatic rings. The van der Waals surface area contributed by atoms with Gasteiger partial charge in [-0.3, -0.25) is 19.3 Å². The van der Waals surface area contributed by atoms with Crippen molar-refractivity contribution in [2.24, 2.45) is 10.8 Å². The van der Waals surface area contributed by atoms with E-state index in [0.717, 1.165) is 32.1 Å². The summed E-state index contributed by atoms with van der Waals surface area (Å²) < 4.78 is 0. The predicted octanol–water partition coefficient (Wildman–Crippen LogP) is 1.81. The number of carboxylic acids is 1. The van der Waals surface area contributed by atoms with Crippen LogP contribution in [0.1, 0.15) is 52.4 Å². The van der Waals surface area contributed by atoms with E-state index >= 15 is 0 Å². The third kappa shape index (κ3) is 2.38. The lowest BCUT2D eigenvalue weighted by atomic mass is 9.73. The van der Waals surface area contributed by atoms with Gasteiger partial charge in [-0.05, 0) is 26.7 Å². The van der Waals surface area contributed by atoms with Crippen molar-refractivity contribution in [3.8, 4) is 0 Å². The van der Waals surface area contributed by atoms with Crippen molar-refractivity contribution in [3.63, 3.8) is 0 Å². The molecule has 0 atom stereocenters. The zero-order chi connectivity index (χ0) is 14.3. The van der Waals surface area contributed by atoms with E-state index in [1.54, 1.807) is 13.8 Å². The average molecular weight is 267 g/mol. The van der Waals surface area contributed by atoms with Gasteiger partial charge in [0.25, 0.3) is 0 Å². The van der Waals surface area contributed by atoms with Gasteiger partial charge in [-0.25, -0.2) is 0 Å². The Balaban J connectivity index is 2.17. The van der Waals surface area contributed by atoms with Crippen LogP contribution in [0, 0.1) is 10.8 Å². The third-order valence-electron chi connectivity index (χ3n) is 4.43. The number of likely N-dealkylation sites (tertiary alicyclic amines) is 1. The first-order valence-electron chi connectivity index (χ1n) is 6.87. The van der Waals surface area contributed by atoms with E-state index in [-0.39, 0.29) is 24.8 Å². The average Bonchev–Trinajstić information content (AvgIpc) is 2.55. The zero-order valence-electron chi connectivity index (χ0n) is 11.6. The first kappa shape index (κ1) is 14.0. The molecule has 5 heteroatoms. The van der Waals surface area contributed by atoms with Gasteiger partial charge < -0.3 is 5.11 Å². The van der Waals surface area contributed by atoms with Gasteiger partial charge >= 0.3 is 5.97 Å². The summed E-state index contributed by atoms with van der Waals surface area (Å²) in [5.74, 6) is -1.34. The maximum atomic E-state index is 12.5. The minimum Gasteiger partial charge on any atom is -0.481 e. The maximum absolute atomic E-state index is 12.5. The topological polar surface area (TPSA) is 74.7 Å². The minimum atomic E-state index is -1.09. The number of nitrogens with zero attached hydrogens (tertiary/aromatic N) is 1. The van der Waals surface area contributed by atoms with Crippen LogP contribution in [-0.4, -0.2) is 34.3 Å². The number of carbonyl (C=O) groups excluding carboxylic acids is 2. The van der Waals surface area contributed by atoms with E-state index in [1.165, 1.54) is 4.90 Å². The lowest BCUT2D eigenvalue weighted by molar-refractivity contribution is -0.151. The van der Waals surface area contributed by atoms with Gasteiger partial charge in [0.15, 0.2) is 0 Å². The van der Waals surface area contributed by atoms with E-state index in [1.807, 2.05) is 0 Å². The van der Waals surface area contributed by atoms with Crippen molar-refractivity contribution >= 4 is 17.8 Å². The van der Waals surface area contributed by atoms with Crippen LogP contribution in [-0.2, 0) is 14.4 Å². The standard InChI is InChI=1S/C14H21NO4/c1-13(2,12(18)19)9-15-10(16)8-14(11(15)17)6-4-3-5-7-14/h3-9H2,1-2H3,(H,18,19). The summed E-state index contributed by atoms with van der Waals surface area (Å²) in [6.45, 7) is 3.06. The van der Waals surface area contributed by atoms with Crippen molar-refractivity contribution in [2.45, 2.75) is 52.4 Å². The van der Waals surface area contributed by atoms with Gasteiger partial charge in [0, 0.05) is 13.0 Å². The molecule has 2 amide bonds. The summed E-state index contributed by atoms with van der Waals surface area (Å²) in [4.78, 5) is 36.9. The molecule has 1 aliphatic carbocycles. The SMILES string of the molecule is CC(C)(CN1C(=O)CC2(CCCCC2)C1=O)C(=O)O. The Hall–Kier alpha value is -1.39. The van der Waals surface area contributed by atoms with Crippen molar-refractivity contribution in [1.82, 2.24) is 4.90 Å². The molecule has 1 spiro atoms. The van der Waals surface area contributed by atoms with Gasteiger partial charge in [-0.15, -0.1) is 0 Å². The molecule has 2 rings (SSSR count). The van der Waals surface area contributed by atoms with Crippen LogP contribution in [0.2, 0.25) is 0 Å². The normalized spacial score (nSPS) is 23.2. The van der Waals surface area contributed by atoms with Crippen molar-refractivity contribution in [1.29, 1.82) is 0 Å². The van der Waals surface area contributed by atoms with E-state index in [4.69, 9.17) is 5.11 Å². The molecule has 106 valence electrons. The summed E-state index contributed by atoms with van der Waals surface area (Å²) in [5.41, 5.74) is -1.62. The molecular formula is C14H21NO4. The fourth-order valence-corrected chi connectivity index (χ4v) is 3.10. The fourth-order valence-electron chi connectivity index (χ4n) is 3.10. The minimum absolute atomic E-state index is 0.0260. The molecule has 2 fully saturated rings. The first-order valence-corrected chi connectivity index (χ1v) is 6.87. The molecule has 0 bridgehead atoms. The molecule has 0 aromatic heterocycles. The number of amides is 2. The van der Waals surface area contributed by atoms with Crippen LogP contribution >= 0.6 is 0 Å². The molecule has 1 saturated heterocycles. The van der Waals surface area contributed by atoms with Crippen molar-refractivity contribution in [3.05, 3.63) is 0 Å². The second kappa shape index (κ2) is 4.62. The molecule has 1 N–H and O–H groups in total. The Morgan fingerprint density at radius 3 is 2.37 bits per heavy atom. The smallest absolute Gasteiger partial charge is 0.310 e. The zero-order valence-corrected chi connectivity index (χ0v) is 11.6. The van der Waals surface area contributed by atoms with Gasteiger partial charge in [-0.1, -0.05) is 19.3 Å². The van der Waals surface area contributed by atoms with E-state index in [9.17, 15) is 14.4 Å². The Kier molecular flexibility index (Phi) is 3.41. The first-order chi connectivity index (χ1) is 8.78. The predicted molar refractivity (Wildman–Crippen MR) is 68.3 cm³/mol. The number of hydrogen-bond donors (Lipinski definition) is 1. The monoisotopic (exact) mass is 267 g/mol. The molecule has 0 radical (unpaired) electrons. The molecule has 19 heavy (non-hydrogen) atoms. The number of aliphatic carboxylic acids is 1. The summed E-state index contributed by atoms with van der Waals surface area (Å²) in [5, 5.41) is 9.13. The number of carboxylic acid groups (broad SMARTS) is 1. The second-order valence-electron chi connectivity index (χ2n) is 6.49. The fraction of sp³-hybridized carbons (Fsp3) is 0.786. The van der Waals surface area contributed by atoms with E-state index in [2.05, 4.69) is 0 Å². The Bertz CT molecular complexity index is 421. The molecule has 1 aliphatic heterocycles. The Morgan fingerprint density at radius 2 is 1.84 bits per heavy atom. The summed E-state index contributed by atoms with van der Waals surface area (Å²) in [7, 11) is 0. The van der Waals surface area contributed by atoms with Gasteiger partial charge in [0.2, 0.25) is 11.8 Å². The molecule has 0 aromatic carbocycles. The maximum Gasteiger partial charge on any atom is 0.310 e. The lowest BCUT2D eigenvalue weighted by Crippen LogP contribution is -2.44. The summed E-state index contributed by atoms with van der Waals surface area (Å²) in [6, 6.07) is 0. The Labute approximate surface area is 113 Å². The highest BCUT2D eigenvalue weighted by Gasteiger charge is 2.52. The molecule has 0 unspecified atom stereocenters. The van der Waals surface area contributed by atoms with E-state index < -0.39 is 16.8 Å². The van der Waals surface area contributed by atoms with Crippen LogP contribution in [0.25, 0.3) is 0 Å². The molecule has 5 nitrogen and oxygen atoms in total. The number of hydrogen-bond acceptors (Lipinski definition) is 3. The van der Waals surface area contributed by atoms with Crippen LogP contribution in [0.3, 0.4) is 0 Å². The number of rotatable bonds is 3. The highest BCUT2D eigenvalue weighted by molar-refractivity contribution is 6.06. The summed E-state index contributed by atoms with van der Waals surface area (Å²) >= 11 is 0. The van der Waals surface area contributed by atoms with Crippen molar-refractivity contribution in [2.75, 3.05) is 6.54 Å². The van der Waals surface area contributed by atoms with Crippen LogP contribution in [0.15, 0.2) is 0 Å². The molecule has 1 heterocycles. The van der Waals surface area contributed by atoms with Crippen molar-refractivity contribution < 1.29 is 19.5 Å². The number of imide groups is 1.